The van der Waals surface area contributed by atoms with Crippen molar-refractivity contribution >= 4 is 17.4 Å². The normalized spacial score (nSPS) is 13.7. The molecular weight excluding hydrogens is 376 g/mol. The highest BCUT2D eigenvalue weighted by Gasteiger charge is 2.33. The Balaban J connectivity index is 1.22. The first-order chi connectivity index (χ1) is 14.8. The lowest BCUT2D eigenvalue weighted by molar-refractivity contribution is -0.120. The largest absolute Gasteiger partial charge is 0.355 e. The SMILES string of the molecule is O=C(Nc1cccc(-c2ccn[nH]2)c1)C1CN(c2cc(-c3ccccc3)ncn2)C1. The first kappa shape index (κ1) is 18.1. The summed E-state index contributed by atoms with van der Waals surface area (Å²) in [7, 11) is 0. The Morgan fingerprint density at radius 1 is 0.967 bits per heavy atom. The predicted molar refractivity (Wildman–Crippen MR) is 116 cm³/mol. The van der Waals surface area contributed by atoms with Gasteiger partial charge in [0.15, 0.2) is 0 Å². The molecule has 7 nitrogen and oxygen atoms in total. The maximum Gasteiger partial charge on any atom is 0.231 e. The van der Waals surface area contributed by atoms with Crippen LogP contribution in [-0.4, -0.2) is 39.2 Å². The summed E-state index contributed by atoms with van der Waals surface area (Å²) in [5.41, 5.74) is 4.60. The van der Waals surface area contributed by atoms with Gasteiger partial charge in [0.2, 0.25) is 5.91 Å². The Morgan fingerprint density at radius 2 is 1.80 bits per heavy atom. The Labute approximate surface area is 173 Å². The van der Waals surface area contributed by atoms with Crippen molar-refractivity contribution in [1.29, 1.82) is 0 Å². The van der Waals surface area contributed by atoms with Crippen LogP contribution in [0.15, 0.2) is 79.3 Å². The average molecular weight is 396 g/mol. The number of carbonyl (C=O) groups is 1. The number of anilines is 2. The van der Waals surface area contributed by atoms with Crippen LogP contribution in [0.1, 0.15) is 0 Å². The number of hydrogen-bond acceptors (Lipinski definition) is 5. The molecule has 0 unspecified atom stereocenters. The lowest BCUT2D eigenvalue weighted by Gasteiger charge is -2.39. The molecule has 7 heteroatoms. The number of nitrogens with zero attached hydrogens (tertiary/aromatic N) is 4. The Morgan fingerprint density at radius 3 is 2.60 bits per heavy atom. The van der Waals surface area contributed by atoms with E-state index in [0.29, 0.717) is 13.1 Å². The van der Waals surface area contributed by atoms with Gasteiger partial charge in [0, 0.05) is 42.2 Å². The van der Waals surface area contributed by atoms with E-state index in [-0.39, 0.29) is 11.8 Å². The van der Waals surface area contributed by atoms with E-state index in [4.69, 9.17) is 0 Å². The van der Waals surface area contributed by atoms with E-state index in [1.165, 1.54) is 0 Å². The van der Waals surface area contributed by atoms with Crippen molar-refractivity contribution in [2.75, 3.05) is 23.3 Å². The number of H-pyrrole nitrogens is 1. The van der Waals surface area contributed by atoms with Crippen molar-refractivity contribution in [2.24, 2.45) is 5.92 Å². The maximum absolute atomic E-state index is 12.7. The highest BCUT2D eigenvalue weighted by atomic mass is 16.2. The second kappa shape index (κ2) is 7.79. The zero-order chi connectivity index (χ0) is 20.3. The van der Waals surface area contributed by atoms with Gasteiger partial charge in [-0.05, 0) is 18.2 Å². The lowest BCUT2D eigenvalue weighted by atomic mass is 9.98. The molecule has 30 heavy (non-hydrogen) atoms. The van der Waals surface area contributed by atoms with Gasteiger partial charge in [-0.15, -0.1) is 0 Å². The molecule has 0 saturated carbocycles. The molecule has 0 aliphatic carbocycles. The zero-order valence-electron chi connectivity index (χ0n) is 16.2. The van der Waals surface area contributed by atoms with E-state index in [1.54, 1.807) is 12.5 Å². The molecule has 0 bridgehead atoms. The van der Waals surface area contributed by atoms with Crippen LogP contribution in [0.25, 0.3) is 22.5 Å². The van der Waals surface area contributed by atoms with E-state index in [1.807, 2.05) is 66.7 Å². The van der Waals surface area contributed by atoms with Crippen molar-refractivity contribution in [3.63, 3.8) is 0 Å². The van der Waals surface area contributed by atoms with E-state index < -0.39 is 0 Å². The molecule has 0 radical (unpaired) electrons. The van der Waals surface area contributed by atoms with Crippen molar-refractivity contribution in [1.82, 2.24) is 20.2 Å². The average Bonchev–Trinajstić information content (AvgIpc) is 3.29. The number of aromatic nitrogens is 4. The second-order valence-electron chi connectivity index (χ2n) is 7.27. The summed E-state index contributed by atoms with van der Waals surface area (Å²) in [6, 6.07) is 21.6. The molecule has 1 amide bonds. The van der Waals surface area contributed by atoms with Crippen molar-refractivity contribution in [3.05, 3.63) is 79.3 Å². The molecule has 5 rings (SSSR count). The van der Waals surface area contributed by atoms with Gasteiger partial charge >= 0.3 is 0 Å². The Kier molecular flexibility index (Phi) is 4.69. The summed E-state index contributed by atoms with van der Waals surface area (Å²) in [6.07, 6.45) is 3.28. The van der Waals surface area contributed by atoms with Gasteiger partial charge < -0.3 is 10.2 Å². The molecule has 0 spiro atoms. The summed E-state index contributed by atoms with van der Waals surface area (Å²) in [5.74, 6) is 0.787. The second-order valence-corrected chi connectivity index (χ2v) is 7.27. The molecule has 1 saturated heterocycles. The smallest absolute Gasteiger partial charge is 0.231 e. The van der Waals surface area contributed by atoms with Gasteiger partial charge in [0.25, 0.3) is 0 Å². The molecule has 148 valence electrons. The van der Waals surface area contributed by atoms with Crippen LogP contribution in [0.2, 0.25) is 0 Å². The Hall–Kier alpha value is -4.00. The van der Waals surface area contributed by atoms with Crippen molar-refractivity contribution in [3.8, 4) is 22.5 Å². The third kappa shape index (κ3) is 3.65. The maximum atomic E-state index is 12.7. The van der Waals surface area contributed by atoms with Crippen LogP contribution in [-0.2, 0) is 4.79 Å². The van der Waals surface area contributed by atoms with Crippen LogP contribution in [0.4, 0.5) is 11.5 Å². The van der Waals surface area contributed by atoms with Gasteiger partial charge in [-0.3, -0.25) is 9.89 Å². The number of hydrogen-bond donors (Lipinski definition) is 2. The number of carbonyl (C=O) groups excluding carboxylic acids is 1. The van der Waals surface area contributed by atoms with E-state index in [0.717, 1.165) is 34.0 Å². The minimum Gasteiger partial charge on any atom is -0.355 e. The number of nitrogens with one attached hydrogen (secondary N) is 2. The summed E-state index contributed by atoms with van der Waals surface area (Å²) in [4.78, 5) is 23.5. The third-order valence-electron chi connectivity index (χ3n) is 5.24. The molecule has 1 fully saturated rings. The van der Waals surface area contributed by atoms with E-state index in [2.05, 4.69) is 30.4 Å². The molecule has 3 heterocycles. The van der Waals surface area contributed by atoms with E-state index in [9.17, 15) is 4.79 Å². The fourth-order valence-electron chi connectivity index (χ4n) is 3.54. The molecule has 1 aliphatic heterocycles. The Bertz CT molecular complexity index is 1150. The first-order valence-corrected chi connectivity index (χ1v) is 9.79. The van der Waals surface area contributed by atoms with Crippen LogP contribution >= 0.6 is 0 Å². The highest BCUT2D eigenvalue weighted by Crippen LogP contribution is 2.27. The molecule has 1 aliphatic rings. The summed E-state index contributed by atoms with van der Waals surface area (Å²) < 4.78 is 0. The van der Waals surface area contributed by atoms with Gasteiger partial charge in [-0.25, -0.2) is 9.97 Å². The summed E-state index contributed by atoms with van der Waals surface area (Å²) in [6.45, 7) is 1.27. The van der Waals surface area contributed by atoms with Gasteiger partial charge in [-0.1, -0.05) is 42.5 Å². The topological polar surface area (TPSA) is 86.8 Å². The third-order valence-corrected chi connectivity index (χ3v) is 5.24. The van der Waals surface area contributed by atoms with Crippen molar-refractivity contribution < 1.29 is 4.79 Å². The minimum atomic E-state index is -0.0732. The van der Waals surface area contributed by atoms with Gasteiger partial charge in [0.05, 0.1) is 17.3 Å². The lowest BCUT2D eigenvalue weighted by Crippen LogP contribution is -2.52. The molecule has 4 aromatic rings. The fourth-order valence-corrected chi connectivity index (χ4v) is 3.54. The monoisotopic (exact) mass is 396 g/mol. The number of aromatic amines is 1. The highest BCUT2D eigenvalue weighted by molar-refractivity contribution is 5.95. The summed E-state index contributed by atoms with van der Waals surface area (Å²) in [5, 5.41) is 9.93. The molecule has 2 aromatic heterocycles. The predicted octanol–water partition coefficient (Wildman–Crippen LogP) is 3.61. The van der Waals surface area contributed by atoms with Crippen LogP contribution in [0.3, 0.4) is 0 Å². The van der Waals surface area contributed by atoms with Gasteiger partial charge in [-0.2, -0.15) is 5.10 Å². The van der Waals surface area contributed by atoms with Crippen LogP contribution in [0.5, 0.6) is 0 Å². The molecule has 2 N–H and O–H groups in total. The molecule has 2 aromatic carbocycles. The quantitative estimate of drug-likeness (QED) is 0.538. The van der Waals surface area contributed by atoms with Crippen LogP contribution < -0.4 is 10.2 Å². The number of amides is 1. The fraction of sp³-hybridized carbons (Fsp3) is 0.130. The first-order valence-electron chi connectivity index (χ1n) is 9.79. The zero-order valence-corrected chi connectivity index (χ0v) is 16.2. The minimum absolute atomic E-state index is 0.0188. The van der Waals surface area contributed by atoms with Crippen LogP contribution in [0, 0.1) is 5.92 Å². The standard InChI is InChI=1S/C23H20N6O/c30-23(27-19-8-4-7-17(11-19)20-9-10-26-28-20)18-13-29(14-18)22-12-21(24-15-25-22)16-5-2-1-3-6-16/h1-12,15,18H,13-14H2,(H,26,28)(H,27,30). The number of benzene rings is 2. The van der Waals surface area contributed by atoms with E-state index >= 15 is 0 Å². The van der Waals surface area contributed by atoms with Crippen molar-refractivity contribution in [2.45, 2.75) is 0 Å². The number of rotatable bonds is 5. The van der Waals surface area contributed by atoms with Gasteiger partial charge in [0.1, 0.15) is 12.1 Å². The summed E-state index contributed by atoms with van der Waals surface area (Å²) >= 11 is 0. The molecular formula is C23H20N6O. The molecule has 0 atom stereocenters.